The van der Waals surface area contributed by atoms with Gasteiger partial charge in [0, 0.05) is 18.0 Å². The number of halogens is 1. The van der Waals surface area contributed by atoms with Crippen molar-refractivity contribution in [2.45, 2.75) is 12.6 Å². The van der Waals surface area contributed by atoms with Crippen LogP contribution in [-0.4, -0.2) is 37.0 Å². The van der Waals surface area contributed by atoms with Crippen molar-refractivity contribution >= 4 is 17.2 Å². The third-order valence-electron chi connectivity index (χ3n) is 3.80. The van der Waals surface area contributed by atoms with Crippen molar-refractivity contribution in [1.29, 1.82) is 0 Å². The second-order valence-electron chi connectivity index (χ2n) is 5.50. The summed E-state index contributed by atoms with van der Waals surface area (Å²) in [6.45, 7) is 2.86. The van der Waals surface area contributed by atoms with E-state index in [-0.39, 0.29) is 17.8 Å². The maximum Gasteiger partial charge on any atom is 0.234 e. The lowest BCUT2D eigenvalue weighted by molar-refractivity contribution is -0.124. The van der Waals surface area contributed by atoms with Crippen molar-refractivity contribution < 1.29 is 13.9 Å². The molecule has 0 radical (unpaired) electrons. The molecule has 1 amide bonds. The first-order valence-electron chi connectivity index (χ1n) is 7.59. The number of hydrogen-bond donors (Lipinski definition) is 1. The summed E-state index contributed by atoms with van der Waals surface area (Å²) in [6.07, 6.45) is -0.116. The molecule has 1 aromatic carbocycles. The fourth-order valence-electron chi connectivity index (χ4n) is 2.58. The van der Waals surface area contributed by atoms with E-state index in [0.29, 0.717) is 26.2 Å². The van der Waals surface area contributed by atoms with E-state index in [1.807, 2.05) is 17.5 Å². The number of morpholine rings is 1. The van der Waals surface area contributed by atoms with E-state index >= 15 is 0 Å². The van der Waals surface area contributed by atoms with Gasteiger partial charge < -0.3 is 10.1 Å². The van der Waals surface area contributed by atoms with Gasteiger partial charge in [0.15, 0.2) is 0 Å². The fraction of sp³-hybridized carbons (Fsp3) is 0.353. The van der Waals surface area contributed by atoms with E-state index in [4.69, 9.17) is 4.74 Å². The molecule has 0 unspecified atom stereocenters. The van der Waals surface area contributed by atoms with Gasteiger partial charge in [-0.2, -0.15) is 0 Å². The number of amides is 1. The molecule has 0 aliphatic carbocycles. The molecule has 1 atom stereocenters. The number of carbonyl (C=O) groups is 1. The van der Waals surface area contributed by atoms with Crippen molar-refractivity contribution in [3.63, 3.8) is 0 Å². The number of ether oxygens (including phenoxy) is 1. The van der Waals surface area contributed by atoms with Gasteiger partial charge in [-0.15, -0.1) is 11.3 Å². The maximum atomic E-state index is 13.0. The van der Waals surface area contributed by atoms with Crippen molar-refractivity contribution in [2.24, 2.45) is 0 Å². The zero-order valence-corrected chi connectivity index (χ0v) is 13.5. The standard InChI is InChI=1S/C17H19FN2O2S/c18-14-5-3-13(4-6-14)16-11-20(7-8-22-16)12-17(21)19-10-15-2-1-9-23-15/h1-6,9,16H,7-8,10-12H2,(H,19,21)/t16-/m1/s1. The predicted molar refractivity (Wildman–Crippen MR) is 87.7 cm³/mol. The summed E-state index contributed by atoms with van der Waals surface area (Å²) in [5.74, 6) is -0.243. The van der Waals surface area contributed by atoms with Crippen LogP contribution in [-0.2, 0) is 16.1 Å². The van der Waals surface area contributed by atoms with Crippen LogP contribution >= 0.6 is 11.3 Å². The number of rotatable bonds is 5. The lowest BCUT2D eigenvalue weighted by atomic mass is 10.1. The van der Waals surface area contributed by atoms with E-state index in [1.165, 1.54) is 12.1 Å². The van der Waals surface area contributed by atoms with E-state index in [1.54, 1.807) is 23.5 Å². The van der Waals surface area contributed by atoms with E-state index < -0.39 is 0 Å². The first-order chi connectivity index (χ1) is 11.2. The average Bonchev–Trinajstić information content (AvgIpc) is 3.07. The fourth-order valence-corrected chi connectivity index (χ4v) is 3.23. The van der Waals surface area contributed by atoms with Gasteiger partial charge in [0.25, 0.3) is 0 Å². The van der Waals surface area contributed by atoms with Crippen LogP contribution in [0.5, 0.6) is 0 Å². The summed E-state index contributed by atoms with van der Waals surface area (Å²) in [6, 6.07) is 10.3. The smallest absolute Gasteiger partial charge is 0.234 e. The second kappa shape index (κ2) is 7.68. The lowest BCUT2D eigenvalue weighted by Crippen LogP contribution is -2.44. The first-order valence-corrected chi connectivity index (χ1v) is 8.47. The molecule has 6 heteroatoms. The number of hydrogen-bond acceptors (Lipinski definition) is 4. The quantitative estimate of drug-likeness (QED) is 0.914. The number of benzene rings is 1. The Bertz CT molecular complexity index is 631. The van der Waals surface area contributed by atoms with E-state index in [0.717, 1.165) is 17.0 Å². The minimum atomic E-state index is -0.255. The third kappa shape index (κ3) is 4.60. The highest BCUT2D eigenvalue weighted by Gasteiger charge is 2.23. The Morgan fingerprint density at radius 1 is 1.35 bits per heavy atom. The van der Waals surface area contributed by atoms with Crippen LogP contribution < -0.4 is 5.32 Å². The average molecular weight is 334 g/mol. The number of nitrogens with one attached hydrogen (secondary N) is 1. The molecule has 2 aromatic rings. The first kappa shape index (κ1) is 16.1. The Hall–Kier alpha value is -1.76. The predicted octanol–water partition coefficient (Wildman–Crippen LogP) is 2.58. The summed E-state index contributed by atoms with van der Waals surface area (Å²) >= 11 is 1.63. The molecule has 1 aliphatic rings. The molecular weight excluding hydrogens is 315 g/mol. The van der Waals surface area contributed by atoms with Gasteiger partial charge in [-0.05, 0) is 29.1 Å². The summed E-state index contributed by atoms with van der Waals surface area (Å²) in [5, 5.41) is 4.93. The normalized spacial score (nSPS) is 18.7. The maximum absolute atomic E-state index is 13.0. The molecule has 1 fully saturated rings. The second-order valence-corrected chi connectivity index (χ2v) is 6.53. The van der Waals surface area contributed by atoms with E-state index in [9.17, 15) is 9.18 Å². The van der Waals surface area contributed by atoms with Crippen LogP contribution in [0.1, 0.15) is 16.5 Å². The van der Waals surface area contributed by atoms with Gasteiger partial charge in [0.1, 0.15) is 5.82 Å². The van der Waals surface area contributed by atoms with Crippen LogP contribution in [0.3, 0.4) is 0 Å². The van der Waals surface area contributed by atoms with Crippen molar-refractivity contribution in [1.82, 2.24) is 10.2 Å². The Kier molecular flexibility index (Phi) is 5.38. The zero-order valence-electron chi connectivity index (χ0n) is 12.7. The molecule has 1 aliphatic heterocycles. The van der Waals surface area contributed by atoms with Gasteiger partial charge in [0.2, 0.25) is 5.91 Å². The monoisotopic (exact) mass is 334 g/mol. The minimum Gasteiger partial charge on any atom is -0.371 e. The highest BCUT2D eigenvalue weighted by Crippen LogP contribution is 2.22. The molecule has 3 rings (SSSR count). The van der Waals surface area contributed by atoms with Gasteiger partial charge in [-0.25, -0.2) is 4.39 Å². The SMILES string of the molecule is O=C(CN1CCO[C@@H](c2ccc(F)cc2)C1)NCc1cccs1. The van der Waals surface area contributed by atoms with Crippen LogP contribution in [0, 0.1) is 5.82 Å². The van der Waals surface area contributed by atoms with Crippen molar-refractivity contribution in [3.05, 3.63) is 58.0 Å². The van der Waals surface area contributed by atoms with Gasteiger partial charge in [-0.1, -0.05) is 18.2 Å². The largest absolute Gasteiger partial charge is 0.371 e. The molecule has 1 N–H and O–H groups in total. The van der Waals surface area contributed by atoms with Gasteiger partial charge in [0.05, 0.1) is 25.8 Å². The van der Waals surface area contributed by atoms with Crippen molar-refractivity contribution in [3.8, 4) is 0 Å². The van der Waals surface area contributed by atoms with Crippen LogP contribution in [0.4, 0.5) is 4.39 Å². The Morgan fingerprint density at radius 3 is 2.91 bits per heavy atom. The Morgan fingerprint density at radius 2 is 2.17 bits per heavy atom. The highest BCUT2D eigenvalue weighted by atomic mass is 32.1. The number of carbonyl (C=O) groups excluding carboxylic acids is 1. The van der Waals surface area contributed by atoms with E-state index in [2.05, 4.69) is 10.2 Å². The highest BCUT2D eigenvalue weighted by molar-refractivity contribution is 7.09. The topological polar surface area (TPSA) is 41.6 Å². The molecule has 1 saturated heterocycles. The number of nitrogens with zero attached hydrogens (tertiary/aromatic N) is 1. The lowest BCUT2D eigenvalue weighted by Gasteiger charge is -2.32. The zero-order chi connectivity index (χ0) is 16.1. The Balaban J connectivity index is 1.50. The van der Waals surface area contributed by atoms with Gasteiger partial charge >= 0.3 is 0 Å². The molecule has 0 bridgehead atoms. The summed E-state index contributed by atoms with van der Waals surface area (Å²) in [7, 11) is 0. The summed E-state index contributed by atoms with van der Waals surface area (Å²) < 4.78 is 18.7. The molecular formula is C17H19FN2O2S. The van der Waals surface area contributed by atoms with Crippen LogP contribution in [0.2, 0.25) is 0 Å². The van der Waals surface area contributed by atoms with Crippen molar-refractivity contribution in [2.75, 3.05) is 26.2 Å². The summed E-state index contributed by atoms with van der Waals surface area (Å²) in [5.41, 5.74) is 0.940. The van der Waals surface area contributed by atoms with Crippen LogP contribution in [0.25, 0.3) is 0 Å². The Labute approximate surface area is 138 Å². The molecule has 23 heavy (non-hydrogen) atoms. The molecule has 2 heterocycles. The van der Waals surface area contributed by atoms with Crippen LogP contribution in [0.15, 0.2) is 41.8 Å². The molecule has 4 nitrogen and oxygen atoms in total. The molecule has 0 saturated carbocycles. The third-order valence-corrected chi connectivity index (χ3v) is 4.68. The minimum absolute atomic E-state index is 0.0122. The number of thiophene rings is 1. The molecule has 0 spiro atoms. The molecule has 122 valence electrons. The molecule has 1 aromatic heterocycles. The summed E-state index contributed by atoms with van der Waals surface area (Å²) in [4.78, 5) is 15.3. The van der Waals surface area contributed by atoms with Gasteiger partial charge in [-0.3, -0.25) is 9.69 Å².